The topological polar surface area (TPSA) is 142 Å². The predicted octanol–water partition coefficient (Wildman–Crippen LogP) is 3.90. The van der Waals surface area contributed by atoms with Gasteiger partial charge < -0.3 is 24.1 Å². The van der Waals surface area contributed by atoms with Gasteiger partial charge in [-0.05, 0) is 34.5 Å². The number of ketones is 1. The fourth-order valence-corrected chi connectivity index (χ4v) is 4.20. The summed E-state index contributed by atoms with van der Waals surface area (Å²) in [6.45, 7) is 0.375. The second-order valence-electron chi connectivity index (χ2n) is 8.76. The minimum atomic E-state index is -2.53. The van der Waals surface area contributed by atoms with Crippen molar-refractivity contribution in [3.05, 3.63) is 77.9 Å². The number of carbonyl (C=O) groups is 5. The second-order valence-corrected chi connectivity index (χ2v) is 8.76. The van der Waals surface area contributed by atoms with E-state index >= 15 is 0 Å². The highest BCUT2D eigenvalue weighted by molar-refractivity contribution is 6.04. The van der Waals surface area contributed by atoms with Crippen LogP contribution >= 0.6 is 0 Å². The zero-order chi connectivity index (χ0) is 28.6. The first kappa shape index (κ1) is 28.8. The molecule has 0 radical (unpaired) electrons. The van der Waals surface area contributed by atoms with Gasteiger partial charge in [0.15, 0.2) is 5.78 Å². The van der Waals surface area contributed by atoms with Crippen molar-refractivity contribution in [2.45, 2.75) is 26.2 Å². The maximum absolute atomic E-state index is 13.6. The summed E-state index contributed by atoms with van der Waals surface area (Å²) in [6, 6.07) is 18.4. The molecule has 10 nitrogen and oxygen atoms in total. The molecule has 0 saturated heterocycles. The molecule has 0 fully saturated rings. The fraction of sp³-hybridized carbons (Fsp3) is 0.276. The van der Waals surface area contributed by atoms with E-state index in [0.717, 1.165) is 24.6 Å². The van der Waals surface area contributed by atoms with Crippen LogP contribution in [0.4, 0.5) is 0 Å². The van der Waals surface area contributed by atoms with Crippen LogP contribution in [0.15, 0.2) is 66.7 Å². The number of fused-ring (bicyclic) bond motifs is 1. The lowest BCUT2D eigenvalue weighted by atomic mass is 9.69. The number of carbonyl (C=O) groups excluding carboxylic acids is 4. The number of benzene rings is 3. The van der Waals surface area contributed by atoms with Gasteiger partial charge in [-0.1, -0.05) is 48.5 Å². The molecule has 0 saturated carbocycles. The number of methoxy groups -OCH3 is 1. The number of esters is 3. The smallest absolute Gasteiger partial charge is 0.330 e. The van der Waals surface area contributed by atoms with Crippen LogP contribution in [0.3, 0.4) is 0 Å². The van der Waals surface area contributed by atoms with Crippen molar-refractivity contribution in [3.8, 4) is 5.75 Å². The zero-order valence-electron chi connectivity index (χ0n) is 21.7. The molecule has 0 bridgehead atoms. The van der Waals surface area contributed by atoms with Crippen LogP contribution < -0.4 is 4.74 Å². The summed E-state index contributed by atoms with van der Waals surface area (Å²) in [5.41, 5.74) is -1.92. The summed E-state index contributed by atoms with van der Waals surface area (Å²) in [5, 5.41) is 12.0. The third-order valence-electron chi connectivity index (χ3n) is 6.26. The van der Waals surface area contributed by atoms with Crippen molar-refractivity contribution < 1.29 is 48.0 Å². The molecule has 3 aromatic carbocycles. The Bertz CT molecular complexity index is 1380. The molecule has 0 heterocycles. The zero-order valence-corrected chi connectivity index (χ0v) is 21.7. The third kappa shape index (κ3) is 6.78. The first-order valence-electron chi connectivity index (χ1n) is 11.9. The summed E-state index contributed by atoms with van der Waals surface area (Å²) in [6.07, 6.45) is -0.443. The minimum absolute atomic E-state index is 0.286. The quantitative estimate of drug-likeness (QED) is 0.157. The molecule has 39 heavy (non-hydrogen) atoms. The average Bonchev–Trinajstić information content (AvgIpc) is 2.91. The molecule has 1 N–H and O–H groups in total. The Balaban J connectivity index is 2.08. The Morgan fingerprint density at radius 2 is 1.46 bits per heavy atom. The number of carboxylic acid groups (broad SMARTS) is 1. The molecule has 204 valence electrons. The van der Waals surface area contributed by atoms with E-state index in [4.69, 9.17) is 14.2 Å². The lowest BCUT2D eigenvalue weighted by Gasteiger charge is -2.34. The van der Waals surface area contributed by atoms with Crippen LogP contribution in [-0.2, 0) is 33.4 Å². The molecule has 0 amide bonds. The van der Waals surface area contributed by atoms with Gasteiger partial charge in [-0.2, -0.15) is 0 Å². The van der Waals surface area contributed by atoms with Crippen LogP contribution in [0.1, 0.15) is 42.1 Å². The molecule has 2 unspecified atom stereocenters. The van der Waals surface area contributed by atoms with Gasteiger partial charge in [-0.15, -0.1) is 0 Å². The highest BCUT2D eigenvalue weighted by atomic mass is 16.7. The summed E-state index contributed by atoms with van der Waals surface area (Å²) in [5.74, 6) is -5.73. The van der Waals surface area contributed by atoms with Crippen molar-refractivity contribution in [2.75, 3.05) is 20.5 Å². The number of aliphatic carboxylic acids is 1. The lowest BCUT2D eigenvalue weighted by molar-refractivity contribution is -0.186. The van der Waals surface area contributed by atoms with Crippen LogP contribution in [-0.4, -0.2) is 55.3 Å². The number of ether oxygens (including phenoxy) is 4. The lowest BCUT2D eigenvalue weighted by Crippen LogP contribution is -2.50. The highest BCUT2D eigenvalue weighted by Gasteiger charge is 2.56. The Morgan fingerprint density at radius 3 is 2.08 bits per heavy atom. The summed E-state index contributed by atoms with van der Waals surface area (Å²) < 4.78 is 19.9. The van der Waals surface area contributed by atoms with Gasteiger partial charge in [0, 0.05) is 31.7 Å². The Morgan fingerprint density at radius 1 is 0.821 bits per heavy atom. The molecule has 0 aliphatic rings. The van der Waals surface area contributed by atoms with E-state index in [1.807, 2.05) is 6.07 Å². The number of Topliss-reactive ketones (excluding diaryl/α,β-unsaturated/α-hetero) is 1. The Hall–Kier alpha value is -4.73. The number of hydrogen-bond donors (Lipinski definition) is 1. The summed E-state index contributed by atoms with van der Waals surface area (Å²) >= 11 is 0. The van der Waals surface area contributed by atoms with E-state index in [1.165, 1.54) is 0 Å². The largest absolute Gasteiger partial charge is 0.497 e. The van der Waals surface area contributed by atoms with E-state index in [-0.39, 0.29) is 5.56 Å². The normalized spacial score (nSPS) is 13.0. The minimum Gasteiger partial charge on any atom is -0.497 e. The molecule has 3 aromatic rings. The second kappa shape index (κ2) is 12.7. The van der Waals surface area contributed by atoms with Crippen molar-refractivity contribution >= 4 is 40.4 Å². The van der Waals surface area contributed by atoms with Crippen molar-refractivity contribution in [3.63, 3.8) is 0 Å². The molecule has 0 aliphatic heterocycles. The van der Waals surface area contributed by atoms with Crippen LogP contribution in [0.25, 0.3) is 10.8 Å². The average molecular weight is 537 g/mol. The number of hydrogen-bond acceptors (Lipinski definition) is 9. The van der Waals surface area contributed by atoms with E-state index in [9.17, 15) is 29.1 Å². The van der Waals surface area contributed by atoms with Crippen LogP contribution in [0.2, 0.25) is 0 Å². The van der Waals surface area contributed by atoms with Gasteiger partial charge in [-0.25, -0.2) is 0 Å². The molecule has 2 atom stereocenters. The first-order chi connectivity index (χ1) is 18.6. The van der Waals surface area contributed by atoms with E-state index < -0.39 is 60.8 Å². The fourth-order valence-electron chi connectivity index (χ4n) is 4.20. The standard InChI is InChI=1S/C29H28O10/c1-18(30)37-16-29(27(33)34,28(35)39-17-38-19(2)31)25(20-7-5-4-6-8-20)15-26(32)23-10-9-22-14-24(36-3)12-11-21(22)13-23/h4-14,25H,15-17H2,1-3H3,(H,33,34). The SMILES string of the molecule is COc1ccc2cc(C(=O)CC(c3ccccc3)C(COC(C)=O)(C(=O)O)C(=O)OCOC(C)=O)ccc2c1. The molecular weight excluding hydrogens is 508 g/mol. The molecule has 0 aromatic heterocycles. The monoisotopic (exact) mass is 536 g/mol. The van der Waals surface area contributed by atoms with Gasteiger partial charge in [0.1, 0.15) is 12.4 Å². The Labute approximate surface area is 224 Å². The summed E-state index contributed by atoms with van der Waals surface area (Å²) in [4.78, 5) is 62.6. The van der Waals surface area contributed by atoms with Crippen molar-refractivity contribution in [2.24, 2.45) is 5.41 Å². The van der Waals surface area contributed by atoms with Gasteiger partial charge in [0.25, 0.3) is 0 Å². The van der Waals surface area contributed by atoms with Crippen molar-refractivity contribution in [1.82, 2.24) is 0 Å². The highest BCUT2D eigenvalue weighted by Crippen LogP contribution is 2.42. The van der Waals surface area contributed by atoms with Gasteiger partial charge >= 0.3 is 23.9 Å². The van der Waals surface area contributed by atoms with Crippen LogP contribution in [0.5, 0.6) is 5.75 Å². The molecule has 3 rings (SSSR count). The predicted molar refractivity (Wildman–Crippen MR) is 138 cm³/mol. The molecule has 0 aliphatic carbocycles. The van der Waals surface area contributed by atoms with Crippen LogP contribution in [0, 0.1) is 5.41 Å². The van der Waals surface area contributed by atoms with E-state index in [0.29, 0.717) is 11.3 Å². The maximum atomic E-state index is 13.6. The maximum Gasteiger partial charge on any atom is 0.330 e. The van der Waals surface area contributed by atoms with E-state index in [2.05, 4.69) is 4.74 Å². The van der Waals surface area contributed by atoms with E-state index in [1.54, 1.807) is 67.8 Å². The van der Waals surface area contributed by atoms with Gasteiger partial charge in [0.05, 0.1) is 7.11 Å². The number of carboxylic acids is 1. The molecular formula is C29H28O10. The van der Waals surface area contributed by atoms with Gasteiger partial charge in [-0.3, -0.25) is 24.0 Å². The van der Waals surface area contributed by atoms with Gasteiger partial charge in [0.2, 0.25) is 12.2 Å². The summed E-state index contributed by atoms with van der Waals surface area (Å²) in [7, 11) is 1.55. The first-order valence-corrected chi connectivity index (χ1v) is 11.9. The molecule has 0 spiro atoms. The molecule has 10 heteroatoms. The Kier molecular flexibility index (Phi) is 9.38. The van der Waals surface area contributed by atoms with Crippen molar-refractivity contribution in [1.29, 1.82) is 0 Å². The third-order valence-corrected chi connectivity index (χ3v) is 6.26. The number of rotatable bonds is 12.